The largest absolute Gasteiger partial charge is 0.495 e. The van der Waals surface area contributed by atoms with Crippen LogP contribution in [0.3, 0.4) is 0 Å². The predicted molar refractivity (Wildman–Crippen MR) is 113 cm³/mol. The van der Waals surface area contributed by atoms with Crippen molar-refractivity contribution in [2.45, 2.75) is 13.8 Å². The molecule has 0 unspecified atom stereocenters. The van der Waals surface area contributed by atoms with Crippen molar-refractivity contribution >= 4 is 23.2 Å². The number of anilines is 2. The summed E-state index contributed by atoms with van der Waals surface area (Å²) in [5.74, 6) is 1.11. The molecule has 0 saturated carbocycles. The third kappa shape index (κ3) is 5.40. The molecule has 0 radical (unpaired) electrons. The van der Waals surface area contributed by atoms with Crippen LogP contribution in [0.15, 0.2) is 42.5 Å². The van der Waals surface area contributed by atoms with Crippen molar-refractivity contribution in [3.8, 4) is 11.5 Å². The van der Waals surface area contributed by atoms with E-state index in [1.54, 1.807) is 14.0 Å². The Morgan fingerprint density at radius 1 is 1.03 bits per heavy atom. The lowest BCUT2D eigenvalue weighted by Gasteiger charge is -2.35. The number of aryl methyl sites for hydroxylation is 1. The summed E-state index contributed by atoms with van der Waals surface area (Å²) < 4.78 is 10.9. The van der Waals surface area contributed by atoms with E-state index < -0.39 is 0 Å². The molecule has 3 rings (SSSR count). The molecule has 2 aromatic carbocycles. The third-order valence-electron chi connectivity index (χ3n) is 4.93. The van der Waals surface area contributed by atoms with E-state index in [0.717, 1.165) is 37.4 Å². The lowest BCUT2D eigenvalue weighted by Crippen LogP contribution is -2.48. The molecule has 1 heterocycles. The zero-order chi connectivity index (χ0) is 20.8. The van der Waals surface area contributed by atoms with Gasteiger partial charge in [0.1, 0.15) is 11.5 Å². The molecule has 1 fully saturated rings. The van der Waals surface area contributed by atoms with Gasteiger partial charge in [-0.2, -0.15) is 0 Å². The Bertz CT molecular complexity index is 859. The molecule has 0 bridgehead atoms. The second-order valence-electron chi connectivity index (χ2n) is 7.03. The Hall–Kier alpha value is -3.22. The predicted octanol–water partition coefficient (Wildman–Crippen LogP) is 2.69. The van der Waals surface area contributed by atoms with Crippen molar-refractivity contribution in [3.05, 3.63) is 48.0 Å². The molecule has 0 aromatic heterocycles. The Morgan fingerprint density at radius 2 is 1.72 bits per heavy atom. The number of methoxy groups -OCH3 is 1. The van der Waals surface area contributed by atoms with Crippen LogP contribution >= 0.6 is 0 Å². The quantitative estimate of drug-likeness (QED) is 0.812. The number of carbonyl (C=O) groups is 2. The molecule has 2 amide bonds. The maximum Gasteiger partial charge on any atom is 0.262 e. The van der Waals surface area contributed by atoms with Gasteiger partial charge in [-0.05, 0) is 48.9 Å². The molecule has 29 heavy (non-hydrogen) atoms. The van der Waals surface area contributed by atoms with Gasteiger partial charge in [-0.3, -0.25) is 9.59 Å². The van der Waals surface area contributed by atoms with Crippen molar-refractivity contribution in [1.29, 1.82) is 0 Å². The van der Waals surface area contributed by atoms with Gasteiger partial charge in [0.2, 0.25) is 5.91 Å². The number of nitrogens with one attached hydrogen (secondary N) is 1. The smallest absolute Gasteiger partial charge is 0.262 e. The number of amides is 2. The highest BCUT2D eigenvalue weighted by molar-refractivity contribution is 5.93. The number of hydrogen-bond donors (Lipinski definition) is 1. The van der Waals surface area contributed by atoms with Gasteiger partial charge in [0.25, 0.3) is 5.91 Å². The topological polar surface area (TPSA) is 71.1 Å². The van der Waals surface area contributed by atoms with Crippen LogP contribution in [0.2, 0.25) is 0 Å². The van der Waals surface area contributed by atoms with Gasteiger partial charge in [0.15, 0.2) is 6.61 Å². The van der Waals surface area contributed by atoms with Gasteiger partial charge >= 0.3 is 0 Å². The number of piperazine rings is 1. The maximum absolute atomic E-state index is 12.2. The zero-order valence-corrected chi connectivity index (χ0v) is 17.1. The van der Waals surface area contributed by atoms with Crippen LogP contribution in [0.25, 0.3) is 0 Å². The van der Waals surface area contributed by atoms with Crippen LogP contribution in [0.4, 0.5) is 11.4 Å². The number of carbonyl (C=O) groups excluding carboxylic acids is 2. The van der Waals surface area contributed by atoms with Gasteiger partial charge in [-0.15, -0.1) is 0 Å². The summed E-state index contributed by atoms with van der Waals surface area (Å²) in [5.41, 5.74) is 2.73. The Morgan fingerprint density at radius 3 is 2.34 bits per heavy atom. The first-order chi connectivity index (χ1) is 14.0. The van der Waals surface area contributed by atoms with Crippen LogP contribution in [-0.4, -0.2) is 56.6 Å². The van der Waals surface area contributed by atoms with Crippen LogP contribution in [0.5, 0.6) is 11.5 Å². The molecule has 7 heteroatoms. The summed E-state index contributed by atoms with van der Waals surface area (Å²) in [6, 6.07) is 13.3. The van der Waals surface area contributed by atoms with E-state index in [1.165, 1.54) is 0 Å². The first kappa shape index (κ1) is 20.5. The van der Waals surface area contributed by atoms with E-state index >= 15 is 0 Å². The summed E-state index contributed by atoms with van der Waals surface area (Å²) in [5, 5.41) is 2.82. The lowest BCUT2D eigenvalue weighted by atomic mass is 10.2. The number of benzene rings is 2. The maximum atomic E-state index is 12.2. The van der Waals surface area contributed by atoms with Crippen molar-refractivity contribution in [1.82, 2.24) is 4.90 Å². The Kier molecular flexibility index (Phi) is 6.59. The molecule has 1 aliphatic heterocycles. The number of nitrogens with zero attached hydrogens (tertiary/aromatic N) is 2. The minimum absolute atomic E-state index is 0.0896. The van der Waals surface area contributed by atoms with E-state index in [9.17, 15) is 9.59 Å². The molecule has 0 atom stereocenters. The van der Waals surface area contributed by atoms with Crippen LogP contribution in [0, 0.1) is 6.92 Å². The normalized spacial score (nSPS) is 13.8. The van der Waals surface area contributed by atoms with E-state index in [-0.39, 0.29) is 18.4 Å². The van der Waals surface area contributed by atoms with Crippen molar-refractivity contribution in [2.75, 3.05) is 50.1 Å². The molecule has 0 aliphatic carbocycles. The fourth-order valence-corrected chi connectivity index (χ4v) is 3.29. The molecule has 7 nitrogen and oxygen atoms in total. The van der Waals surface area contributed by atoms with Crippen LogP contribution in [-0.2, 0) is 9.59 Å². The standard InChI is InChI=1S/C22H27N3O4/c1-16-4-9-21(28-3)20(14-16)23-22(27)15-29-19-7-5-18(6-8-19)25-12-10-24(11-13-25)17(2)26/h4-9,14H,10-13,15H2,1-3H3,(H,23,27). The average molecular weight is 397 g/mol. The summed E-state index contributed by atoms with van der Waals surface area (Å²) >= 11 is 0. The number of rotatable bonds is 6. The molecule has 2 aromatic rings. The van der Waals surface area contributed by atoms with Gasteiger partial charge in [0, 0.05) is 38.8 Å². The summed E-state index contributed by atoms with van der Waals surface area (Å²) in [4.78, 5) is 27.8. The van der Waals surface area contributed by atoms with Crippen molar-refractivity contribution in [3.63, 3.8) is 0 Å². The van der Waals surface area contributed by atoms with Gasteiger partial charge < -0.3 is 24.6 Å². The first-order valence-electron chi connectivity index (χ1n) is 9.64. The van der Waals surface area contributed by atoms with E-state index in [0.29, 0.717) is 17.2 Å². The van der Waals surface area contributed by atoms with Crippen molar-refractivity contribution in [2.24, 2.45) is 0 Å². The Labute approximate surface area is 171 Å². The SMILES string of the molecule is COc1ccc(C)cc1NC(=O)COc1ccc(N2CCN(C(C)=O)CC2)cc1. The van der Waals surface area contributed by atoms with E-state index in [4.69, 9.17) is 9.47 Å². The number of hydrogen-bond acceptors (Lipinski definition) is 5. The molecular formula is C22H27N3O4. The third-order valence-corrected chi connectivity index (χ3v) is 4.93. The summed E-state index contributed by atoms with van der Waals surface area (Å²) in [6.07, 6.45) is 0. The molecule has 1 N–H and O–H groups in total. The second-order valence-corrected chi connectivity index (χ2v) is 7.03. The minimum Gasteiger partial charge on any atom is -0.495 e. The number of ether oxygens (including phenoxy) is 2. The molecule has 0 spiro atoms. The Balaban J connectivity index is 1.51. The molecule has 1 aliphatic rings. The van der Waals surface area contributed by atoms with Crippen molar-refractivity contribution < 1.29 is 19.1 Å². The highest BCUT2D eigenvalue weighted by Crippen LogP contribution is 2.25. The van der Waals surface area contributed by atoms with E-state index in [1.807, 2.05) is 54.3 Å². The highest BCUT2D eigenvalue weighted by Gasteiger charge is 2.18. The fourth-order valence-electron chi connectivity index (χ4n) is 3.29. The molecule has 1 saturated heterocycles. The average Bonchev–Trinajstić information content (AvgIpc) is 2.73. The highest BCUT2D eigenvalue weighted by atomic mass is 16.5. The summed E-state index contributed by atoms with van der Waals surface area (Å²) in [7, 11) is 1.57. The molecule has 154 valence electrons. The van der Waals surface area contributed by atoms with Gasteiger partial charge in [-0.25, -0.2) is 0 Å². The fraction of sp³-hybridized carbons (Fsp3) is 0.364. The van der Waals surface area contributed by atoms with Gasteiger partial charge in [-0.1, -0.05) is 6.07 Å². The first-order valence-corrected chi connectivity index (χ1v) is 9.64. The van der Waals surface area contributed by atoms with Gasteiger partial charge in [0.05, 0.1) is 12.8 Å². The van der Waals surface area contributed by atoms with Crippen LogP contribution in [0.1, 0.15) is 12.5 Å². The summed E-state index contributed by atoms with van der Waals surface area (Å²) in [6.45, 7) is 6.54. The minimum atomic E-state index is -0.252. The monoisotopic (exact) mass is 397 g/mol. The molecular weight excluding hydrogens is 370 g/mol. The lowest BCUT2D eigenvalue weighted by molar-refractivity contribution is -0.129. The second kappa shape index (κ2) is 9.32. The van der Waals surface area contributed by atoms with Crippen LogP contribution < -0.4 is 19.7 Å². The zero-order valence-electron chi connectivity index (χ0n) is 17.1. The van der Waals surface area contributed by atoms with E-state index in [2.05, 4.69) is 10.2 Å².